The maximum Gasteiger partial charge on any atom is 0.261 e. The second-order valence-corrected chi connectivity index (χ2v) is 6.81. The van der Waals surface area contributed by atoms with Crippen LogP contribution in [-0.2, 0) is 6.42 Å². The second kappa shape index (κ2) is 8.58. The van der Waals surface area contributed by atoms with E-state index in [0.29, 0.717) is 35.0 Å². The molecule has 26 heavy (non-hydrogen) atoms. The summed E-state index contributed by atoms with van der Waals surface area (Å²) < 4.78 is 19.4. The Balaban J connectivity index is 1.69. The average Bonchev–Trinajstić information content (AvgIpc) is 3.09. The zero-order valence-electron chi connectivity index (χ0n) is 14.4. The molecule has 0 spiro atoms. The number of anilines is 1. The van der Waals surface area contributed by atoms with Crippen LogP contribution in [0.4, 0.5) is 9.52 Å². The van der Waals surface area contributed by atoms with Gasteiger partial charge in [-0.15, -0.1) is 11.3 Å². The fraction of sp³-hybridized carbons (Fsp3) is 0.200. The number of halogens is 1. The zero-order chi connectivity index (χ0) is 18.4. The first kappa shape index (κ1) is 18.1. The standard InChI is InChI=1S/C20H19FN2O2S/c1-2-11-25-18-10-6-4-8-16(18)19(24)23-20-22-13-15(26-20)12-14-7-3-5-9-17(14)21/h3-10,13H,2,11-12H2,1H3,(H,22,23,24). The first-order chi connectivity index (χ1) is 12.7. The van der Waals surface area contributed by atoms with Crippen LogP contribution in [0.15, 0.2) is 54.7 Å². The van der Waals surface area contributed by atoms with Crippen molar-refractivity contribution in [1.29, 1.82) is 0 Å². The average molecular weight is 370 g/mol. The Kier molecular flexibility index (Phi) is 5.96. The Bertz CT molecular complexity index is 895. The lowest BCUT2D eigenvalue weighted by Crippen LogP contribution is -2.13. The van der Waals surface area contributed by atoms with Crippen LogP contribution < -0.4 is 10.1 Å². The van der Waals surface area contributed by atoms with E-state index in [1.807, 2.05) is 13.0 Å². The minimum absolute atomic E-state index is 0.242. The normalized spacial score (nSPS) is 10.5. The Hall–Kier alpha value is -2.73. The molecule has 0 saturated heterocycles. The third-order valence-corrected chi connectivity index (χ3v) is 4.60. The predicted octanol–water partition coefficient (Wildman–Crippen LogP) is 4.91. The van der Waals surface area contributed by atoms with Crippen molar-refractivity contribution in [3.05, 3.63) is 76.5 Å². The molecule has 0 bridgehead atoms. The van der Waals surface area contributed by atoms with Crippen molar-refractivity contribution in [3.8, 4) is 5.75 Å². The Labute approximate surface area is 155 Å². The smallest absolute Gasteiger partial charge is 0.261 e. The lowest BCUT2D eigenvalue weighted by molar-refractivity contribution is 0.102. The highest BCUT2D eigenvalue weighted by molar-refractivity contribution is 7.15. The molecule has 1 amide bonds. The number of amides is 1. The van der Waals surface area contributed by atoms with Gasteiger partial charge in [0.25, 0.3) is 5.91 Å². The Morgan fingerprint density at radius 2 is 1.96 bits per heavy atom. The maximum absolute atomic E-state index is 13.8. The fourth-order valence-electron chi connectivity index (χ4n) is 2.43. The zero-order valence-corrected chi connectivity index (χ0v) is 15.2. The van der Waals surface area contributed by atoms with Gasteiger partial charge >= 0.3 is 0 Å². The molecule has 1 aromatic heterocycles. The van der Waals surface area contributed by atoms with Gasteiger partial charge < -0.3 is 4.74 Å². The third kappa shape index (κ3) is 4.46. The van der Waals surface area contributed by atoms with E-state index in [1.165, 1.54) is 17.4 Å². The van der Waals surface area contributed by atoms with Crippen molar-refractivity contribution in [2.45, 2.75) is 19.8 Å². The second-order valence-electron chi connectivity index (χ2n) is 5.70. The van der Waals surface area contributed by atoms with Crippen molar-refractivity contribution in [2.24, 2.45) is 0 Å². The van der Waals surface area contributed by atoms with E-state index in [4.69, 9.17) is 4.74 Å². The van der Waals surface area contributed by atoms with E-state index in [0.717, 1.165) is 11.3 Å². The summed E-state index contributed by atoms with van der Waals surface area (Å²) in [7, 11) is 0. The lowest BCUT2D eigenvalue weighted by Gasteiger charge is -2.09. The van der Waals surface area contributed by atoms with E-state index >= 15 is 0 Å². The molecule has 6 heteroatoms. The summed E-state index contributed by atoms with van der Waals surface area (Å²) in [6.45, 7) is 2.56. The molecule has 1 N–H and O–H groups in total. The number of aromatic nitrogens is 1. The molecule has 0 radical (unpaired) electrons. The van der Waals surface area contributed by atoms with Gasteiger partial charge in [0.05, 0.1) is 12.2 Å². The van der Waals surface area contributed by atoms with Crippen molar-refractivity contribution in [3.63, 3.8) is 0 Å². The van der Waals surface area contributed by atoms with Crippen LogP contribution in [-0.4, -0.2) is 17.5 Å². The van der Waals surface area contributed by atoms with Crippen LogP contribution in [0.3, 0.4) is 0 Å². The van der Waals surface area contributed by atoms with Crippen LogP contribution in [0.2, 0.25) is 0 Å². The van der Waals surface area contributed by atoms with Crippen LogP contribution in [0, 0.1) is 5.82 Å². The number of benzene rings is 2. The monoisotopic (exact) mass is 370 g/mol. The summed E-state index contributed by atoms with van der Waals surface area (Å²) >= 11 is 1.33. The molecule has 134 valence electrons. The van der Waals surface area contributed by atoms with Crippen molar-refractivity contribution < 1.29 is 13.9 Å². The summed E-state index contributed by atoms with van der Waals surface area (Å²) in [6, 6.07) is 13.8. The van der Waals surface area contributed by atoms with Crippen molar-refractivity contribution in [2.75, 3.05) is 11.9 Å². The van der Waals surface area contributed by atoms with Crippen molar-refractivity contribution >= 4 is 22.4 Å². The van der Waals surface area contributed by atoms with Gasteiger partial charge in [0.2, 0.25) is 0 Å². The largest absolute Gasteiger partial charge is 0.493 e. The molecule has 3 aromatic rings. The number of para-hydroxylation sites is 1. The Morgan fingerprint density at radius 3 is 2.77 bits per heavy atom. The van der Waals surface area contributed by atoms with Gasteiger partial charge in [-0.3, -0.25) is 10.1 Å². The number of carbonyl (C=O) groups excluding carboxylic acids is 1. The molecule has 0 unspecified atom stereocenters. The van der Waals surface area contributed by atoms with Gasteiger partial charge in [-0.1, -0.05) is 37.3 Å². The number of carbonyl (C=O) groups is 1. The van der Waals surface area contributed by atoms with Gasteiger partial charge in [0.15, 0.2) is 5.13 Å². The van der Waals surface area contributed by atoms with Gasteiger partial charge in [-0.05, 0) is 30.2 Å². The number of hydrogen-bond acceptors (Lipinski definition) is 4. The quantitative estimate of drug-likeness (QED) is 0.643. The van der Waals surface area contributed by atoms with Crippen LogP contribution in [0.25, 0.3) is 0 Å². The minimum atomic E-state index is -0.275. The summed E-state index contributed by atoms with van der Waals surface area (Å²) in [5.74, 6) is 0.0342. The highest BCUT2D eigenvalue weighted by atomic mass is 32.1. The summed E-state index contributed by atoms with van der Waals surface area (Å²) in [6.07, 6.45) is 2.96. The van der Waals surface area contributed by atoms with E-state index < -0.39 is 0 Å². The van der Waals surface area contributed by atoms with Crippen LogP contribution in [0.1, 0.15) is 34.1 Å². The molecule has 0 aliphatic heterocycles. The summed E-state index contributed by atoms with van der Waals surface area (Å²) in [5.41, 5.74) is 1.07. The summed E-state index contributed by atoms with van der Waals surface area (Å²) in [4.78, 5) is 17.6. The predicted molar refractivity (Wildman–Crippen MR) is 102 cm³/mol. The number of nitrogens with one attached hydrogen (secondary N) is 1. The van der Waals surface area contributed by atoms with Gasteiger partial charge in [-0.25, -0.2) is 9.37 Å². The van der Waals surface area contributed by atoms with Crippen LogP contribution >= 0.6 is 11.3 Å². The summed E-state index contributed by atoms with van der Waals surface area (Å²) in [5, 5.41) is 3.27. The molecule has 0 saturated carbocycles. The minimum Gasteiger partial charge on any atom is -0.493 e. The number of thiazole rings is 1. The van der Waals surface area contributed by atoms with E-state index in [2.05, 4.69) is 10.3 Å². The molecule has 2 aromatic carbocycles. The topological polar surface area (TPSA) is 51.2 Å². The van der Waals surface area contributed by atoms with E-state index in [9.17, 15) is 9.18 Å². The van der Waals surface area contributed by atoms with Crippen molar-refractivity contribution in [1.82, 2.24) is 4.98 Å². The van der Waals surface area contributed by atoms with E-state index in [1.54, 1.807) is 42.6 Å². The highest BCUT2D eigenvalue weighted by Gasteiger charge is 2.14. The SMILES string of the molecule is CCCOc1ccccc1C(=O)Nc1ncc(Cc2ccccc2F)s1. The molecular weight excluding hydrogens is 351 g/mol. The molecule has 0 fully saturated rings. The molecule has 1 heterocycles. The number of hydrogen-bond donors (Lipinski definition) is 1. The number of rotatable bonds is 7. The molecule has 0 aliphatic carbocycles. The molecule has 0 aliphatic rings. The fourth-order valence-corrected chi connectivity index (χ4v) is 3.26. The number of ether oxygens (including phenoxy) is 1. The van der Waals surface area contributed by atoms with Gasteiger partial charge in [0, 0.05) is 17.5 Å². The Morgan fingerprint density at radius 1 is 1.19 bits per heavy atom. The highest BCUT2D eigenvalue weighted by Crippen LogP contribution is 2.24. The number of nitrogens with zero attached hydrogens (tertiary/aromatic N) is 1. The molecule has 0 atom stereocenters. The first-order valence-corrected chi connectivity index (χ1v) is 9.20. The first-order valence-electron chi connectivity index (χ1n) is 8.38. The van der Waals surface area contributed by atoms with Crippen LogP contribution in [0.5, 0.6) is 5.75 Å². The van der Waals surface area contributed by atoms with E-state index in [-0.39, 0.29) is 11.7 Å². The molecular formula is C20H19FN2O2S. The van der Waals surface area contributed by atoms with Gasteiger partial charge in [-0.2, -0.15) is 0 Å². The van der Waals surface area contributed by atoms with Gasteiger partial charge in [0.1, 0.15) is 11.6 Å². The lowest BCUT2D eigenvalue weighted by atomic mass is 10.1. The third-order valence-electron chi connectivity index (χ3n) is 3.69. The molecule has 4 nitrogen and oxygen atoms in total. The molecule has 3 rings (SSSR count). The maximum atomic E-state index is 13.8.